The second-order valence-electron chi connectivity index (χ2n) is 3.21. The van der Waals surface area contributed by atoms with Gasteiger partial charge in [0, 0.05) is 23.7 Å². The Morgan fingerprint density at radius 3 is 2.81 bits per heavy atom. The molecule has 84 valence electrons. The zero-order chi connectivity index (χ0) is 11.5. The number of nitrogens with zero attached hydrogens (tertiary/aromatic N) is 3. The van der Waals surface area contributed by atoms with Crippen molar-refractivity contribution in [2.45, 2.75) is 10.1 Å². The molecule has 0 unspecified atom stereocenters. The zero-order valence-electron chi connectivity index (χ0n) is 9.04. The quantitative estimate of drug-likeness (QED) is 0.819. The maximum absolute atomic E-state index is 5.77. The summed E-state index contributed by atoms with van der Waals surface area (Å²) >= 11 is 1.49. The second-order valence-corrected chi connectivity index (χ2v) is 4.25. The Balaban J connectivity index is 2.28. The van der Waals surface area contributed by atoms with Gasteiger partial charge in [-0.05, 0) is 23.9 Å². The van der Waals surface area contributed by atoms with Crippen molar-refractivity contribution >= 4 is 17.4 Å². The van der Waals surface area contributed by atoms with Crippen LogP contribution < -0.4 is 10.5 Å². The summed E-state index contributed by atoms with van der Waals surface area (Å²) in [5.74, 6) is 0.740. The molecular weight excluding hydrogens is 224 g/mol. The number of nitrogens with two attached hydrogens (primary N) is 1. The number of aromatic nitrogens is 3. The topological polar surface area (TPSA) is 66.0 Å². The predicted molar refractivity (Wildman–Crippen MR) is 62.5 cm³/mol. The highest BCUT2D eigenvalue weighted by molar-refractivity contribution is 7.99. The van der Waals surface area contributed by atoms with E-state index in [1.165, 1.54) is 18.1 Å². The van der Waals surface area contributed by atoms with Gasteiger partial charge in [-0.3, -0.25) is 0 Å². The molecule has 2 N–H and O–H groups in total. The summed E-state index contributed by atoms with van der Waals surface area (Å²) in [6.07, 6.45) is 1.52. The van der Waals surface area contributed by atoms with Crippen LogP contribution in [0.15, 0.2) is 34.6 Å². The van der Waals surface area contributed by atoms with E-state index in [0.717, 1.165) is 15.8 Å². The van der Waals surface area contributed by atoms with Gasteiger partial charge < -0.3 is 10.5 Å². The molecule has 6 heteroatoms. The average Bonchev–Trinajstić information content (AvgIpc) is 2.63. The average molecular weight is 236 g/mol. The van der Waals surface area contributed by atoms with E-state index in [1.54, 1.807) is 17.9 Å². The van der Waals surface area contributed by atoms with Crippen LogP contribution in [-0.2, 0) is 7.05 Å². The molecule has 0 fully saturated rings. The molecule has 2 rings (SSSR count). The van der Waals surface area contributed by atoms with Crippen LogP contribution in [-0.4, -0.2) is 21.9 Å². The van der Waals surface area contributed by atoms with Gasteiger partial charge in [-0.25, -0.2) is 9.67 Å². The van der Waals surface area contributed by atoms with Crippen LogP contribution in [0, 0.1) is 0 Å². The number of aryl methyl sites for hydroxylation is 1. The van der Waals surface area contributed by atoms with Gasteiger partial charge in [-0.2, -0.15) is 5.10 Å². The van der Waals surface area contributed by atoms with Gasteiger partial charge in [0.05, 0.1) is 7.11 Å². The van der Waals surface area contributed by atoms with Gasteiger partial charge in [0.25, 0.3) is 0 Å². The van der Waals surface area contributed by atoms with Crippen LogP contribution in [0.1, 0.15) is 0 Å². The minimum atomic E-state index is 0.670. The van der Waals surface area contributed by atoms with Gasteiger partial charge in [0.1, 0.15) is 12.1 Å². The molecule has 0 saturated carbocycles. The summed E-state index contributed by atoms with van der Waals surface area (Å²) < 4.78 is 6.86. The molecule has 0 atom stereocenters. The maximum Gasteiger partial charge on any atom is 0.190 e. The highest BCUT2D eigenvalue weighted by Crippen LogP contribution is 2.30. The smallest absolute Gasteiger partial charge is 0.190 e. The third kappa shape index (κ3) is 2.27. The van der Waals surface area contributed by atoms with Crippen molar-refractivity contribution in [2.75, 3.05) is 12.8 Å². The van der Waals surface area contributed by atoms with Crippen molar-refractivity contribution in [3.05, 3.63) is 24.5 Å². The van der Waals surface area contributed by atoms with Crippen LogP contribution in [0.5, 0.6) is 5.75 Å². The van der Waals surface area contributed by atoms with Crippen LogP contribution in [0.25, 0.3) is 0 Å². The highest BCUT2D eigenvalue weighted by Gasteiger charge is 2.05. The first-order chi connectivity index (χ1) is 7.69. The van der Waals surface area contributed by atoms with Crippen molar-refractivity contribution in [3.63, 3.8) is 0 Å². The number of anilines is 1. The summed E-state index contributed by atoms with van der Waals surface area (Å²) in [5.41, 5.74) is 6.44. The lowest BCUT2D eigenvalue weighted by Crippen LogP contribution is -1.93. The fraction of sp³-hybridized carbons (Fsp3) is 0.200. The Bertz CT molecular complexity index is 497. The van der Waals surface area contributed by atoms with E-state index in [4.69, 9.17) is 10.5 Å². The third-order valence-electron chi connectivity index (χ3n) is 2.02. The predicted octanol–water partition coefficient (Wildman–Crippen LogP) is 1.56. The van der Waals surface area contributed by atoms with Crippen molar-refractivity contribution in [1.29, 1.82) is 0 Å². The van der Waals surface area contributed by atoms with E-state index >= 15 is 0 Å². The zero-order valence-corrected chi connectivity index (χ0v) is 9.86. The van der Waals surface area contributed by atoms with Crippen LogP contribution >= 0.6 is 11.8 Å². The maximum atomic E-state index is 5.77. The molecular formula is C10H12N4OS. The number of rotatable bonds is 3. The van der Waals surface area contributed by atoms with E-state index in [0.29, 0.717) is 5.69 Å². The minimum Gasteiger partial charge on any atom is -0.497 e. The Morgan fingerprint density at radius 1 is 1.38 bits per heavy atom. The minimum absolute atomic E-state index is 0.670. The number of ether oxygens (including phenoxy) is 1. The molecule has 0 aliphatic rings. The van der Waals surface area contributed by atoms with Crippen molar-refractivity contribution in [1.82, 2.24) is 14.8 Å². The van der Waals surface area contributed by atoms with Gasteiger partial charge in [0.2, 0.25) is 0 Å². The summed E-state index contributed by atoms with van der Waals surface area (Å²) in [6, 6.07) is 5.57. The lowest BCUT2D eigenvalue weighted by Gasteiger charge is -2.05. The van der Waals surface area contributed by atoms with E-state index in [9.17, 15) is 0 Å². The molecule has 0 aliphatic carbocycles. The monoisotopic (exact) mass is 236 g/mol. The molecule has 0 amide bonds. The second kappa shape index (κ2) is 4.44. The lowest BCUT2D eigenvalue weighted by molar-refractivity contribution is 0.414. The summed E-state index contributed by atoms with van der Waals surface area (Å²) in [5, 5.41) is 4.81. The van der Waals surface area contributed by atoms with Crippen LogP contribution in [0.4, 0.5) is 5.69 Å². The molecule has 0 aliphatic heterocycles. The van der Waals surface area contributed by atoms with Gasteiger partial charge in [-0.1, -0.05) is 0 Å². The van der Waals surface area contributed by atoms with Crippen LogP contribution in [0.2, 0.25) is 0 Å². The van der Waals surface area contributed by atoms with E-state index in [2.05, 4.69) is 10.1 Å². The first-order valence-corrected chi connectivity index (χ1v) is 5.47. The van der Waals surface area contributed by atoms with Crippen molar-refractivity contribution in [2.24, 2.45) is 7.05 Å². The Hall–Kier alpha value is -1.69. The standard InChI is InChI=1S/C10H12N4OS/c1-14-10(12-6-13-14)16-9-4-7(11)3-8(5-9)15-2/h3-6H,11H2,1-2H3. The van der Waals surface area contributed by atoms with E-state index in [1.807, 2.05) is 19.2 Å². The Morgan fingerprint density at radius 2 is 2.19 bits per heavy atom. The molecule has 5 nitrogen and oxygen atoms in total. The van der Waals surface area contributed by atoms with E-state index < -0.39 is 0 Å². The molecule has 2 aromatic rings. The molecule has 16 heavy (non-hydrogen) atoms. The molecule has 1 heterocycles. The van der Waals surface area contributed by atoms with E-state index in [-0.39, 0.29) is 0 Å². The summed E-state index contributed by atoms with van der Waals surface area (Å²) in [7, 11) is 3.46. The Labute approximate surface area is 97.6 Å². The van der Waals surface area contributed by atoms with Crippen molar-refractivity contribution in [3.8, 4) is 5.75 Å². The first kappa shape index (κ1) is 10.8. The number of hydrogen-bond donors (Lipinski definition) is 1. The molecule has 1 aromatic heterocycles. The fourth-order valence-electron chi connectivity index (χ4n) is 1.25. The number of methoxy groups -OCH3 is 1. The number of benzene rings is 1. The van der Waals surface area contributed by atoms with Gasteiger partial charge in [-0.15, -0.1) is 0 Å². The van der Waals surface area contributed by atoms with Crippen molar-refractivity contribution < 1.29 is 4.74 Å². The Kier molecular flexibility index (Phi) is 3.00. The summed E-state index contributed by atoms with van der Waals surface area (Å²) in [6.45, 7) is 0. The summed E-state index contributed by atoms with van der Waals surface area (Å²) in [4.78, 5) is 5.11. The SMILES string of the molecule is COc1cc(N)cc(Sc2ncnn2C)c1. The lowest BCUT2D eigenvalue weighted by atomic mass is 10.3. The fourth-order valence-corrected chi connectivity index (χ4v) is 2.11. The number of nitrogen functional groups attached to an aromatic ring is 1. The third-order valence-corrected chi connectivity index (χ3v) is 3.04. The highest BCUT2D eigenvalue weighted by atomic mass is 32.2. The van der Waals surface area contributed by atoms with Gasteiger partial charge in [0.15, 0.2) is 5.16 Å². The molecule has 0 spiro atoms. The normalized spacial score (nSPS) is 10.4. The molecule has 0 radical (unpaired) electrons. The molecule has 0 saturated heterocycles. The first-order valence-electron chi connectivity index (χ1n) is 4.65. The molecule has 1 aromatic carbocycles. The largest absolute Gasteiger partial charge is 0.497 e. The number of hydrogen-bond acceptors (Lipinski definition) is 5. The molecule has 0 bridgehead atoms. The van der Waals surface area contributed by atoms with Crippen LogP contribution in [0.3, 0.4) is 0 Å². The van der Waals surface area contributed by atoms with Gasteiger partial charge >= 0.3 is 0 Å².